The molecule has 0 radical (unpaired) electrons. The largest absolute Gasteiger partial charge is 0.465 e. The number of esters is 2. The minimum atomic E-state index is -1.10. The van der Waals surface area contributed by atoms with Gasteiger partial charge in [0.15, 0.2) is 5.25 Å². The third kappa shape index (κ3) is 6.05. The molecule has 0 aliphatic carbocycles. The lowest BCUT2D eigenvalue weighted by atomic mass is 10.3. The maximum Gasteiger partial charge on any atom is 0.376 e. The van der Waals surface area contributed by atoms with Gasteiger partial charge in [-0.2, -0.15) is 0 Å². The first-order valence-corrected chi connectivity index (χ1v) is 7.12. The Bertz CT molecular complexity index is 290. The standard InChI is InChI=1S/C12H20O5S/c1-4-7-8-18-10(12(15)17-6-3)9(13)11(14)16-5-2/h10H,4-8H2,1-3H3. The van der Waals surface area contributed by atoms with Crippen molar-refractivity contribution in [1.29, 1.82) is 0 Å². The summed E-state index contributed by atoms with van der Waals surface area (Å²) in [7, 11) is 0. The van der Waals surface area contributed by atoms with Crippen LogP contribution >= 0.6 is 11.8 Å². The van der Waals surface area contributed by atoms with Crippen molar-refractivity contribution in [2.75, 3.05) is 19.0 Å². The molecule has 0 aromatic heterocycles. The summed E-state index contributed by atoms with van der Waals surface area (Å²) in [5.74, 6) is -1.85. The summed E-state index contributed by atoms with van der Waals surface area (Å²) in [6, 6.07) is 0. The van der Waals surface area contributed by atoms with Crippen LogP contribution in [-0.2, 0) is 23.9 Å². The Hall–Kier alpha value is -1.04. The fourth-order valence-corrected chi connectivity index (χ4v) is 2.27. The van der Waals surface area contributed by atoms with Gasteiger partial charge in [0.25, 0.3) is 5.78 Å². The van der Waals surface area contributed by atoms with E-state index in [9.17, 15) is 14.4 Å². The van der Waals surface area contributed by atoms with Crippen LogP contribution in [0.2, 0.25) is 0 Å². The Morgan fingerprint density at radius 2 is 1.67 bits per heavy atom. The predicted molar refractivity (Wildman–Crippen MR) is 69.4 cm³/mol. The van der Waals surface area contributed by atoms with Crippen LogP contribution in [0.3, 0.4) is 0 Å². The number of carbonyl (C=O) groups excluding carboxylic acids is 3. The number of ketones is 1. The molecule has 0 amide bonds. The van der Waals surface area contributed by atoms with Gasteiger partial charge in [-0.1, -0.05) is 13.3 Å². The molecule has 0 fully saturated rings. The maximum atomic E-state index is 11.7. The smallest absolute Gasteiger partial charge is 0.376 e. The van der Waals surface area contributed by atoms with Crippen LogP contribution < -0.4 is 0 Å². The second-order valence-corrected chi connectivity index (χ2v) is 4.65. The summed E-state index contributed by atoms with van der Waals surface area (Å²) in [6.45, 7) is 5.56. The fraction of sp³-hybridized carbons (Fsp3) is 0.750. The highest BCUT2D eigenvalue weighted by molar-refractivity contribution is 8.01. The molecule has 0 N–H and O–H groups in total. The zero-order valence-electron chi connectivity index (χ0n) is 11.1. The summed E-state index contributed by atoms with van der Waals surface area (Å²) in [4.78, 5) is 34.7. The summed E-state index contributed by atoms with van der Waals surface area (Å²) in [6.07, 6.45) is 1.83. The molecule has 6 heteroatoms. The summed E-state index contributed by atoms with van der Waals surface area (Å²) >= 11 is 1.13. The minimum Gasteiger partial charge on any atom is -0.465 e. The molecule has 0 saturated carbocycles. The molecular formula is C12H20O5S. The zero-order valence-corrected chi connectivity index (χ0v) is 11.9. The maximum absolute atomic E-state index is 11.7. The average Bonchev–Trinajstić information content (AvgIpc) is 2.34. The van der Waals surface area contributed by atoms with E-state index in [0.29, 0.717) is 5.75 Å². The molecule has 0 aromatic rings. The highest BCUT2D eigenvalue weighted by Crippen LogP contribution is 2.16. The molecule has 5 nitrogen and oxygen atoms in total. The lowest BCUT2D eigenvalue weighted by Gasteiger charge is -2.13. The summed E-state index contributed by atoms with van der Waals surface area (Å²) < 4.78 is 9.41. The van der Waals surface area contributed by atoms with Crippen molar-refractivity contribution >= 4 is 29.5 Å². The van der Waals surface area contributed by atoms with Gasteiger partial charge in [-0.3, -0.25) is 9.59 Å². The van der Waals surface area contributed by atoms with Gasteiger partial charge in [0, 0.05) is 0 Å². The molecule has 104 valence electrons. The second-order valence-electron chi connectivity index (χ2n) is 3.44. The van der Waals surface area contributed by atoms with E-state index in [1.165, 1.54) is 0 Å². The first kappa shape index (κ1) is 17.0. The van der Waals surface area contributed by atoms with Crippen molar-refractivity contribution in [2.45, 2.75) is 38.9 Å². The van der Waals surface area contributed by atoms with E-state index in [-0.39, 0.29) is 13.2 Å². The molecule has 18 heavy (non-hydrogen) atoms. The molecule has 1 atom stereocenters. The van der Waals surface area contributed by atoms with Crippen LogP contribution in [0.15, 0.2) is 0 Å². The van der Waals surface area contributed by atoms with Gasteiger partial charge in [-0.05, 0) is 26.0 Å². The molecule has 1 unspecified atom stereocenters. The third-order valence-corrected chi connectivity index (χ3v) is 3.26. The lowest BCUT2D eigenvalue weighted by Crippen LogP contribution is -2.35. The van der Waals surface area contributed by atoms with E-state index in [0.717, 1.165) is 24.6 Å². The van der Waals surface area contributed by atoms with Gasteiger partial charge >= 0.3 is 11.9 Å². The van der Waals surface area contributed by atoms with Crippen LogP contribution in [0.4, 0.5) is 0 Å². The van der Waals surface area contributed by atoms with Crippen LogP contribution in [0.1, 0.15) is 33.6 Å². The monoisotopic (exact) mass is 276 g/mol. The van der Waals surface area contributed by atoms with E-state index >= 15 is 0 Å². The Balaban J connectivity index is 4.57. The number of carbonyl (C=O) groups is 3. The van der Waals surface area contributed by atoms with Gasteiger partial charge < -0.3 is 9.47 Å². The van der Waals surface area contributed by atoms with Crippen LogP contribution in [0.5, 0.6) is 0 Å². The number of hydrogen-bond donors (Lipinski definition) is 0. The third-order valence-electron chi connectivity index (χ3n) is 2.00. The number of Topliss-reactive ketones (excluding diaryl/α,β-unsaturated/α-hetero) is 1. The Labute approximate surface area is 112 Å². The molecule has 0 bridgehead atoms. The van der Waals surface area contributed by atoms with E-state index in [2.05, 4.69) is 4.74 Å². The lowest BCUT2D eigenvalue weighted by molar-refractivity contribution is -0.157. The summed E-state index contributed by atoms with van der Waals surface area (Å²) in [5, 5.41) is -1.10. The number of thioether (sulfide) groups is 1. The first-order chi connectivity index (χ1) is 8.58. The van der Waals surface area contributed by atoms with Gasteiger partial charge in [0.2, 0.25) is 0 Å². The predicted octanol–water partition coefficient (Wildman–Crippen LogP) is 1.58. The van der Waals surface area contributed by atoms with E-state index in [4.69, 9.17) is 4.74 Å². The van der Waals surface area contributed by atoms with Gasteiger partial charge in [-0.25, -0.2) is 4.79 Å². The van der Waals surface area contributed by atoms with Crippen molar-refractivity contribution in [3.05, 3.63) is 0 Å². The molecule has 0 spiro atoms. The van der Waals surface area contributed by atoms with E-state index in [1.807, 2.05) is 6.92 Å². The molecule has 0 aliphatic heterocycles. The van der Waals surface area contributed by atoms with Crippen molar-refractivity contribution in [3.8, 4) is 0 Å². The minimum absolute atomic E-state index is 0.111. The average molecular weight is 276 g/mol. The highest BCUT2D eigenvalue weighted by atomic mass is 32.2. The molecule has 0 saturated heterocycles. The quantitative estimate of drug-likeness (QED) is 0.276. The normalized spacial score (nSPS) is 11.7. The van der Waals surface area contributed by atoms with Crippen molar-refractivity contribution < 1.29 is 23.9 Å². The Morgan fingerprint density at radius 1 is 1.06 bits per heavy atom. The van der Waals surface area contributed by atoms with Crippen LogP contribution in [0, 0.1) is 0 Å². The van der Waals surface area contributed by atoms with Crippen LogP contribution in [-0.4, -0.2) is 41.9 Å². The van der Waals surface area contributed by atoms with Gasteiger partial charge in [-0.15, -0.1) is 11.8 Å². The number of rotatable bonds is 9. The van der Waals surface area contributed by atoms with Gasteiger partial charge in [0.05, 0.1) is 13.2 Å². The molecular weight excluding hydrogens is 256 g/mol. The Morgan fingerprint density at radius 3 is 2.17 bits per heavy atom. The molecule has 0 aliphatic rings. The number of hydrogen-bond acceptors (Lipinski definition) is 6. The van der Waals surface area contributed by atoms with E-state index < -0.39 is 23.0 Å². The van der Waals surface area contributed by atoms with Crippen LogP contribution in [0.25, 0.3) is 0 Å². The zero-order chi connectivity index (χ0) is 14.0. The molecule has 0 rings (SSSR count). The highest BCUT2D eigenvalue weighted by Gasteiger charge is 2.34. The van der Waals surface area contributed by atoms with Crippen molar-refractivity contribution in [1.82, 2.24) is 0 Å². The summed E-state index contributed by atoms with van der Waals surface area (Å²) in [5.41, 5.74) is 0. The van der Waals surface area contributed by atoms with Gasteiger partial charge in [0.1, 0.15) is 0 Å². The van der Waals surface area contributed by atoms with Crippen molar-refractivity contribution in [2.24, 2.45) is 0 Å². The SMILES string of the molecule is CCCCSC(C(=O)OCC)C(=O)C(=O)OCC. The Kier molecular flexibility index (Phi) is 9.36. The topological polar surface area (TPSA) is 69.7 Å². The molecule has 0 aromatic carbocycles. The number of ether oxygens (including phenoxy) is 2. The fourth-order valence-electron chi connectivity index (χ4n) is 1.12. The second kappa shape index (κ2) is 9.94. The number of unbranched alkanes of at least 4 members (excludes halogenated alkanes) is 1. The molecule has 0 heterocycles. The van der Waals surface area contributed by atoms with Crippen molar-refractivity contribution in [3.63, 3.8) is 0 Å². The van der Waals surface area contributed by atoms with E-state index in [1.54, 1.807) is 13.8 Å². The first-order valence-electron chi connectivity index (χ1n) is 6.07.